The highest BCUT2D eigenvalue weighted by Crippen LogP contribution is 2.15. The Kier molecular flexibility index (Phi) is 6.73. The summed E-state index contributed by atoms with van der Waals surface area (Å²) in [5, 5.41) is 0. The van der Waals surface area contributed by atoms with Crippen molar-refractivity contribution in [1.29, 1.82) is 0 Å². The molecule has 0 fully saturated rings. The number of benzene rings is 2. The molecule has 1 heterocycles. The summed E-state index contributed by atoms with van der Waals surface area (Å²) in [6.45, 7) is 0.448. The molecule has 146 valence electrons. The standard InChI is InChI=1S/C23H20N2O4/c24-23(27)19-5-3-4-18(14-19)15-29-22(26)12-9-17-7-10-21(11-8-17)28-16-20-6-1-2-13-25-20/h1-14H,15-16H2,(H2,24,27). The van der Waals surface area contributed by atoms with Gasteiger partial charge < -0.3 is 15.2 Å². The molecule has 2 aromatic carbocycles. The van der Waals surface area contributed by atoms with Gasteiger partial charge in [0.2, 0.25) is 5.91 Å². The van der Waals surface area contributed by atoms with E-state index < -0.39 is 11.9 Å². The van der Waals surface area contributed by atoms with E-state index >= 15 is 0 Å². The molecule has 0 atom stereocenters. The van der Waals surface area contributed by atoms with Crippen LogP contribution in [0.15, 0.2) is 79.0 Å². The maximum atomic E-state index is 11.9. The van der Waals surface area contributed by atoms with Gasteiger partial charge in [-0.2, -0.15) is 0 Å². The predicted molar refractivity (Wildman–Crippen MR) is 109 cm³/mol. The molecule has 0 saturated heterocycles. The van der Waals surface area contributed by atoms with E-state index in [-0.39, 0.29) is 6.61 Å². The molecular weight excluding hydrogens is 368 g/mol. The van der Waals surface area contributed by atoms with Crippen molar-refractivity contribution in [1.82, 2.24) is 4.98 Å². The topological polar surface area (TPSA) is 91.5 Å². The van der Waals surface area contributed by atoms with Gasteiger partial charge in [0.25, 0.3) is 0 Å². The van der Waals surface area contributed by atoms with Gasteiger partial charge in [0.05, 0.1) is 5.69 Å². The van der Waals surface area contributed by atoms with Gasteiger partial charge in [-0.15, -0.1) is 0 Å². The third-order valence-electron chi connectivity index (χ3n) is 4.00. The van der Waals surface area contributed by atoms with Gasteiger partial charge in [-0.05, 0) is 53.6 Å². The smallest absolute Gasteiger partial charge is 0.331 e. The maximum absolute atomic E-state index is 11.9. The molecule has 0 radical (unpaired) electrons. The van der Waals surface area contributed by atoms with Gasteiger partial charge in [0, 0.05) is 17.8 Å². The molecule has 1 aromatic heterocycles. The number of nitrogens with two attached hydrogens (primary N) is 1. The molecule has 0 unspecified atom stereocenters. The lowest BCUT2D eigenvalue weighted by Gasteiger charge is -2.06. The molecule has 3 aromatic rings. The first-order valence-electron chi connectivity index (χ1n) is 8.96. The third kappa shape index (κ3) is 6.32. The number of rotatable bonds is 8. The first-order chi connectivity index (χ1) is 14.1. The van der Waals surface area contributed by atoms with Crippen LogP contribution in [0.3, 0.4) is 0 Å². The molecule has 6 heteroatoms. The quantitative estimate of drug-likeness (QED) is 0.471. The fourth-order valence-corrected chi connectivity index (χ4v) is 2.50. The molecule has 0 bridgehead atoms. The molecule has 29 heavy (non-hydrogen) atoms. The van der Waals surface area contributed by atoms with Crippen LogP contribution in [0.4, 0.5) is 0 Å². The number of amides is 1. The molecule has 1 amide bonds. The number of pyridine rings is 1. The molecule has 0 aliphatic heterocycles. The van der Waals surface area contributed by atoms with Crippen LogP contribution in [0.5, 0.6) is 5.75 Å². The number of hydrogen-bond acceptors (Lipinski definition) is 5. The van der Waals surface area contributed by atoms with Crippen LogP contribution in [0.25, 0.3) is 6.08 Å². The van der Waals surface area contributed by atoms with Crippen molar-refractivity contribution < 1.29 is 19.1 Å². The van der Waals surface area contributed by atoms with Gasteiger partial charge in [-0.1, -0.05) is 30.3 Å². The first kappa shape index (κ1) is 19.8. The lowest BCUT2D eigenvalue weighted by Crippen LogP contribution is -2.11. The number of esters is 1. The molecule has 0 spiro atoms. The Labute approximate surface area is 168 Å². The molecule has 0 aliphatic carbocycles. The molecular formula is C23H20N2O4. The fraction of sp³-hybridized carbons (Fsp3) is 0.0870. The van der Waals surface area contributed by atoms with Crippen LogP contribution in [-0.4, -0.2) is 16.9 Å². The summed E-state index contributed by atoms with van der Waals surface area (Å²) in [7, 11) is 0. The second-order valence-corrected chi connectivity index (χ2v) is 6.18. The van der Waals surface area contributed by atoms with Crippen LogP contribution in [0.1, 0.15) is 27.2 Å². The van der Waals surface area contributed by atoms with Gasteiger partial charge in [0.1, 0.15) is 19.0 Å². The van der Waals surface area contributed by atoms with E-state index in [2.05, 4.69) is 4.98 Å². The van der Waals surface area contributed by atoms with Crippen molar-refractivity contribution in [2.24, 2.45) is 5.73 Å². The minimum Gasteiger partial charge on any atom is -0.487 e. The van der Waals surface area contributed by atoms with Crippen LogP contribution in [0, 0.1) is 0 Å². The number of primary amides is 1. The fourth-order valence-electron chi connectivity index (χ4n) is 2.50. The first-order valence-corrected chi connectivity index (χ1v) is 8.96. The highest BCUT2D eigenvalue weighted by atomic mass is 16.5. The Balaban J connectivity index is 1.48. The summed E-state index contributed by atoms with van der Waals surface area (Å²) in [6, 6.07) is 19.6. The summed E-state index contributed by atoms with van der Waals surface area (Å²) >= 11 is 0. The molecule has 3 rings (SSSR count). The summed E-state index contributed by atoms with van der Waals surface area (Å²) in [6.07, 6.45) is 4.73. The van der Waals surface area contributed by atoms with Crippen molar-refractivity contribution in [3.05, 3.63) is 101 Å². The largest absolute Gasteiger partial charge is 0.487 e. The predicted octanol–water partition coefficient (Wildman–Crippen LogP) is 3.52. The lowest BCUT2D eigenvalue weighted by molar-refractivity contribution is -0.138. The molecule has 6 nitrogen and oxygen atoms in total. The summed E-state index contributed by atoms with van der Waals surface area (Å²) in [5.41, 5.74) is 7.99. The van der Waals surface area contributed by atoms with Crippen molar-refractivity contribution >= 4 is 18.0 Å². The van der Waals surface area contributed by atoms with Crippen molar-refractivity contribution in [3.63, 3.8) is 0 Å². The van der Waals surface area contributed by atoms with E-state index in [0.717, 1.165) is 11.3 Å². The average Bonchev–Trinajstić information content (AvgIpc) is 2.76. The number of hydrogen-bond donors (Lipinski definition) is 1. The van der Waals surface area contributed by atoms with E-state index in [1.165, 1.54) is 6.08 Å². The van der Waals surface area contributed by atoms with E-state index in [1.807, 2.05) is 42.5 Å². The van der Waals surface area contributed by atoms with Crippen molar-refractivity contribution in [2.45, 2.75) is 13.2 Å². The van der Waals surface area contributed by atoms with Crippen LogP contribution in [-0.2, 0) is 22.7 Å². The zero-order chi connectivity index (χ0) is 20.5. The Morgan fingerprint density at radius 2 is 1.79 bits per heavy atom. The van der Waals surface area contributed by atoms with Crippen LogP contribution >= 0.6 is 0 Å². The highest BCUT2D eigenvalue weighted by molar-refractivity contribution is 5.93. The lowest BCUT2D eigenvalue weighted by atomic mass is 10.1. The number of nitrogens with zero attached hydrogens (tertiary/aromatic N) is 1. The Bertz CT molecular complexity index is 999. The maximum Gasteiger partial charge on any atom is 0.331 e. The highest BCUT2D eigenvalue weighted by Gasteiger charge is 2.04. The van der Waals surface area contributed by atoms with Crippen LogP contribution < -0.4 is 10.5 Å². The summed E-state index contributed by atoms with van der Waals surface area (Å²) in [5.74, 6) is -0.291. The monoisotopic (exact) mass is 388 g/mol. The zero-order valence-electron chi connectivity index (χ0n) is 15.7. The number of aromatic nitrogens is 1. The van der Waals surface area contributed by atoms with E-state index in [9.17, 15) is 9.59 Å². The van der Waals surface area contributed by atoms with Gasteiger partial charge in [-0.3, -0.25) is 9.78 Å². The zero-order valence-corrected chi connectivity index (χ0v) is 15.7. The minimum absolute atomic E-state index is 0.0601. The SMILES string of the molecule is NC(=O)c1cccc(COC(=O)C=Cc2ccc(OCc3ccccn3)cc2)c1. The van der Waals surface area contributed by atoms with E-state index in [4.69, 9.17) is 15.2 Å². The summed E-state index contributed by atoms with van der Waals surface area (Å²) < 4.78 is 10.9. The second-order valence-electron chi connectivity index (χ2n) is 6.18. The van der Waals surface area contributed by atoms with E-state index in [1.54, 1.807) is 36.5 Å². The number of carbonyl (C=O) groups is 2. The minimum atomic E-state index is -0.523. The second kappa shape index (κ2) is 9.85. The van der Waals surface area contributed by atoms with Gasteiger partial charge >= 0.3 is 5.97 Å². The molecule has 2 N–H and O–H groups in total. The molecule has 0 aliphatic rings. The molecule has 0 saturated carbocycles. The van der Waals surface area contributed by atoms with Crippen LogP contribution in [0.2, 0.25) is 0 Å². The third-order valence-corrected chi connectivity index (χ3v) is 4.00. The van der Waals surface area contributed by atoms with Crippen molar-refractivity contribution in [3.8, 4) is 5.75 Å². The average molecular weight is 388 g/mol. The normalized spacial score (nSPS) is 10.6. The number of carbonyl (C=O) groups excluding carboxylic acids is 2. The Morgan fingerprint density at radius 3 is 2.52 bits per heavy atom. The Morgan fingerprint density at radius 1 is 0.966 bits per heavy atom. The van der Waals surface area contributed by atoms with E-state index in [0.29, 0.717) is 23.5 Å². The Hall–Kier alpha value is -3.93. The number of ether oxygens (including phenoxy) is 2. The van der Waals surface area contributed by atoms with Gasteiger partial charge in [0.15, 0.2) is 0 Å². The van der Waals surface area contributed by atoms with Gasteiger partial charge in [-0.25, -0.2) is 4.79 Å². The summed E-state index contributed by atoms with van der Waals surface area (Å²) in [4.78, 5) is 27.3. The van der Waals surface area contributed by atoms with Crippen molar-refractivity contribution in [2.75, 3.05) is 0 Å².